The van der Waals surface area contributed by atoms with Crippen LogP contribution in [0.5, 0.6) is 0 Å². The maximum absolute atomic E-state index is 13.1. The molecule has 0 atom stereocenters. The third-order valence-corrected chi connectivity index (χ3v) is 5.74. The van der Waals surface area contributed by atoms with E-state index in [9.17, 15) is 14.4 Å². The van der Waals surface area contributed by atoms with E-state index in [0.717, 1.165) is 23.8 Å². The smallest absolute Gasteiger partial charge is 0.209 e. The predicted molar refractivity (Wildman–Crippen MR) is 101 cm³/mol. The summed E-state index contributed by atoms with van der Waals surface area (Å²) in [6, 6.07) is 8.65. The van der Waals surface area contributed by atoms with Crippen LogP contribution >= 0.6 is 11.7 Å². The third kappa shape index (κ3) is 2.30. The summed E-state index contributed by atoms with van der Waals surface area (Å²) in [4.78, 5) is 40.9. The molecule has 0 spiro atoms. The fourth-order valence-corrected chi connectivity index (χ4v) is 4.36. The minimum absolute atomic E-state index is 0.164. The Morgan fingerprint density at radius 2 is 1.56 bits per heavy atom. The Morgan fingerprint density at radius 1 is 0.889 bits per heavy atom. The minimum Gasteiger partial charge on any atom is -0.366 e. The van der Waals surface area contributed by atoms with Gasteiger partial charge in [0.1, 0.15) is 11.0 Å². The highest BCUT2D eigenvalue weighted by Gasteiger charge is 2.34. The summed E-state index contributed by atoms with van der Waals surface area (Å²) < 4.78 is 8.74. The van der Waals surface area contributed by atoms with Crippen molar-refractivity contribution in [3.05, 3.63) is 52.6 Å². The van der Waals surface area contributed by atoms with Gasteiger partial charge in [0.2, 0.25) is 6.41 Å². The summed E-state index contributed by atoms with van der Waals surface area (Å²) in [7, 11) is 0. The van der Waals surface area contributed by atoms with Crippen LogP contribution in [0.3, 0.4) is 0 Å². The molecule has 5 rings (SSSR count). The molecule has 2 aliphatic rings. The summed E-state index contributed by atoms with van der Waals surface area (Å²) in [5.74, 6) is -0.349. The molecule has 1 amide bonds. The van der Waals surface area contributed by atoms with Crippen molar-refractivity contribution >= 4 is 46.4 Å². The monoisotopic (exact) mass is 378 g/mol. The van der Waals surface area contributed by atoms with Gasteiger partial charge in [0.15, 0.2) is 11.6 Å². The van der Waals surface area contributed by atoms with Gasteiger partial charge in [-0.1, -0.05) is 24.3 Å². The van der Waals surface area contributed by atoms with Crippen molar-refractivity contribution in [1.82, 2.24) is 13.6 Å². The highest BCUT2D eigenvalue weighted by atomic mass is 32.1. The number of hydrogen-bond donors (Lipinski definition) is 0. The van der Waals surface area contributed by atoms with Crippen LogP contribution < -0.4 is 4.90 Å². The van der Waals surface area contributed by atoms with Crippen molar-refractivity contribution in [2.45, 2.75) is 0 Å². The van der Waals surface area contributed by atoms with Gasteiger partial charge in [-0.2, -0.15) is 8.75 Å². The number of aromatic nitrogens is 2. The first-order valence-electron chi connectivity index (χ1n) is 8.61. The Balaban J connectivity index is 1.69. The van der Waals surface area contributed by atoms with Crippen LogP contribution in [0.2, 0.25) is 0 Å². The number of rotatable bonds is 2. The van der Waals surface area contributed by atoms with E-state index in [2.05, 4.69) is 13.6 Å². The second-order valence-electron chi connectivity index (χ2n) is 6.61. The van der Waals surface area contributed by atoms with Gasteiger partial charge in [-0.05, 0) is 6.07 Å². The number of piperazine rings is 1. The Kier molecular flexibility index (Phi) is 3.54. The van der Waals surface area contributed by atoms with Crippen LogP contribution in [-0.2, 0) is 4.79 Å². The molecular formula is C19H14N4O3S. The topological polar surface area (TPSA) is 83.5 Å². The van der Waals surface area contributed by atoms with Crippen LogP contribution in [0.4, 0.5) is 5.69 Å². The fraction of sp³-hybridized carbons (Fsp3) is 0.211. The summed E-state index contributed by atoms with van der Waals surface area (Å²) in [5, 5.41) is 0. The molecule has 3 aromatic rings. The highest BCUT2D eigenvalue weighted by Crippen LogP contribution is 2.37. The molecule has 0 saturated carbocycles. The van der Waals surface area contributed by atoms with E-state index in [1.165, 1.54) is 0 Å². The number of ketones is 2. The van der Waals surface area contributed by atoms with Crippen molar-refractivity contribution < 1.29 is 14.4 Å². The van der Waals surface area contributed by atoms with Gasteiger partial charge < -0.3 is 9.80 Å². The van der Waals surface area contributed by atoms with Crippen molar-refractivity contribution in [2.75, 3.05) is 31.1 Å². The Hall–Kier alpha value is -3.13. The molecule has 1 aliphatic heterocycles. The third-order valence-electron chi connectivity index (χ3n) is 5.21. The van der Waals surface area contributed by atoms with E-state index in [0.29, 0.717) is 59.5 Å². The zero-order valence-corrected chi connectivity index (χ0v) is 15.0. The van der Waals surface area contributed by atoms with Gasteiger partial charge >= 0.3 is 0 Å². The Bertz CT molecular complexity index is 1120. The highest BCUT2D eigenvalue weighted by molar-refractivity contribution is 7.00. The maximum Gasteiger partial charge on any atom is 0.209 e. The van der Waals surface area contributed by atoms with E-state index in [-0.39, 0.29) is 11.6 Å². The first kappa shape index (κ1) is 16.1. The lowest BCUT2D eigenvalue weighted by atomic mass is 9.83. The lowest BCUT2D eigenvalue weighted by Crippen LogP contribution is -2.45. The van der Waals surface area contributed by atoms with E-state index in [4.69, 9.17) is 0 Å². The second kappa shape index (κ2) is 5.95. The first-order chi connectivity index (χ1) is 13.2. The Labute approximate surface area is 158 Å². The minimum atomic E-state index is -0.185. The molecule has 1 saturated heterocycles. The SMILES string of the molecule is O=CN1CCN(c2cc3c(c4nsnc24)C(=O)c2ccccc2C3=O)CC1. The normalized spacial score (nSPS) is 16.4. The predicted octanol–water partition coefficient (Wildman–Crippen LogP) is 1.75. The number of hydrogen-bond acceptors (Lipinski definition) is 7. The summed E-state index contributed by atoms with van der Waals surface area (Å²) in [6.45, 7) is 2.50. The molecule has 1 aromatic heterocycles. The molecule has 134 valence electrons. The van der Waals surface area contributed by atoms with Gasteiger partial charge in [0, 0.05) is 42.9 Å². The van der Waals surface area contributed by atoms with Crippen LogP contribution in [-0.4, -0.2) is 57.8 Å². The second-order valence-corrected chi connectivity index (χ2v) is 7.14. The van der Waals surface area contributed by atoms with Crippen molar-refractivity contribution in [3.63, 3.8) is 0 Å². The van der Waals surface area contributed by atoms with E-state index in [1.54, 1.807) is 35.2 Å². The number of nitrogens with zero attached hydrogens (tertiary/aromatic N) is 4. The van der Waals surface area contributed by atoms with Crippen LogP contribution in [0, 0.1) is 0 Å². The standard InChI is InChI=1S/C19H14N4O3S/c24-10-22-5-7-23(8-6-22)14-9-13-15(17-16(14)20-27-21-17)19(26)12-4-2-1-3-11(12)18(13)25/h1-4,9-10H,5-8H2. The molecule has 1 fully saturated rings. The van der Waals surface area contributed by atoms with Crippen LogP contribution in [0.15, 0.2) is 30.3 Å². The molecule has 2 heterocycles. The molecule has 0 bridgehead atoms. The average molecular weight is 378 g/mol. The van der Waals surface area contributed by atoms with Gasteiger partial charge in [-0.3, -0.25) is 14.4 Å². The van der Waals surface area contributed by atoms with Gasteiger partial charge in [0.25, 0.3) is 0 Å². The number of benzene rings is 2. The lowest BCUT2D eigenvalue weighted by Gasteiger charge is -2.34. The molecule has 1 aliphatic carbocycles. The van der Waals surface area contributed by atoms with Crippen LogP contribution in [0.25, 0.3) is 11.0 Å². The first-order valence-corrected chi connectivity index (χ1v) is 9.34. The Morgan fingerprint density at radius 3 is 2.26 bits per heavy atom. The summed E-state index contributed by atoms with van der Waals surface area (Å²) in [6.07, 6.45) is 0.851. The van der Waals surface area contributed by atoms with Crippen molar-refractivity contribution in [3.8, 4) is 0 Å². The zero-order chi connectivity index (χ0) is 18.5. The van der Waals surface area contributed by atoms with E-state index in [1.807, 2.05) is 0 Å². The summed E-state index contributed by atoms with van der Waals surface area (Å²) >= 11 is 1.04. The molecule has 0 unspecified atom stereocenters. The molecule has 8 heteroatoms. The molecule has 27 heavy (non-hydrogen) atoms. The number of amides is 1. The number of carbonyl (C=O) groups is 3. The number of anilines is 1. The number of carbonyl (C=O) groups excluding carboxylic acids is 3. The molecule has 2 aromatic carbocycles. The van der Waals surface area contributed by atoms with E-state index < -0.39 is 0 Å². The molecule has 0 N–H and O–H groups in total. The molecular weight excluding hydrogens is 364 g/mol. The van der Waals surface area contributed by atoms with Gasteiger partial charge in [-0.25, -0.2) is 0 Å². The zero-order valence-electron chi connectivity index (χ0n) is 14.2. The lowest BCUT2D eigenvalue weighted by molar-refractivity contribution is -0.118. The maximum atomic E-state index is 13.1. The molecule has 0 radical (unpaired) electrons. The number of fused-ring (bicyclic) bond motifs is 4. The van der Waals surface area contributed by atoms with Gasteiger partial charge in [-0.15, -0.1) is 0 Å². The molecule has 7 nitrogen and oxygen atoms in total. The largest absolute Gasteiger partial charge is 0.366 e. The van der Waals surface area contributed by atoms with Crippen LogP contribution in [0.1, 0.15) is 31.8 Å². The van der Waals surface area contributed by atoms with Crippen molar-refractivity contribution in [1.29, 1.82) is 0 Å². The quantitative estimate of drug-likeness (QED) is 0.494. The summed E-state index contributed by atoms with van der Waals surface area (Å²) in [5.41, 5.74) is 3.48. The van der Waals surface area contributed by atoms with E-state index >= 15 is 0 Å². The fourth-order valence-electron chi connectivity index (χ4n) is 3.80. The average Bonchev–Trinajstić information content (AvgIpc) is 3.21. The van der Waals surface area contributed by atoms with Crippen molar-refractivity contribution in [2.24, 2.45) is 0 Å². The van der Waals surface area contributed by atoms with Gasteiger partial charge in [0.05, 0.1) is 23.0 Å².